The highest BCUT2D eigenvalue weighted by Gasteiger charge is 2.40. The Morgan fingerprint density at radius 2 is 1.96 bits per heavy atom. The molecule has 1 amide bonds. The molecule has 1 fully saturated rings. The lowest BCUT2D eigenvalue weighted by Crippen LogP contribution is -2.39. The molecule has 2 aromatic carbocycles. The van der Waals surface area contributed by atoms with E-state index in [-0.39, 0.29) is 24.8 Å². The van der Waals surface area contributed by atoms with Crippen LogP contribution < -0.4 is 19.5 Å². The largest absolute Gasteiger partial charge is 0.487 e. The number of rotatable bonds is 2. The molecular weight excluding hydrogens is 320 g/mol. The van der Waals surface area contributed by atoms with Crippen LogP contribution >= 0.6 is 0 Å². The van der Waals surface area contributed by atoms with E-state index in [9.17, 15) is 4.79 Å². The number of hydrogen-bond donors (Lipinski definition) is 1. The molecule has 0 unspecified atom stereocenters. The van der Waals surface area contributed by atoms with Gasteiger partial charge in [-0.1, -0.05) is 18.2 Å². The molecule has 2 atom stereocenters. The van der Waals surface area contributed by atoms with E-state index in [0.717, 1.165) is 35.0 Å². The zero-order chi connectivity index (χ0) is 16.8. The van der Waals surface area contributed by atoms with Gasteiger partial charge in [0.25, 0.3) is 0 Å². The summed E-state index contributed by atoms with van der Waals surface area (Å²) < 4.78 is 16.9. The molecule has 0 spiro atoms. The number of amides is 1. The van der Waals surface area contributed by atoms with Crippen molar-refractivity contribution in [1.82, 2.24) is 4.90 Å². The van der Waals surface area contributed by atoms with Crippen LogP contribution in [0, 0.1) is 0 Å². The maximum Gasteiger partial charge on any atom is 0.241 e. The van der Waals surface area contributed by atoms with Crippen molar-refractivity contribution in [3.8, 4) is 17.2 Å². The van der Waals surface area contributed by atoms with Crippen molar-refractivity contribution in [3.63, 3.8) is 0 Å². The third kappa shape index (κ3) is 2.59. The number of fused-ring (bicyclic) bond motifs is 4. The molecule has 0 radical (unpaired) electrons. The third-order valence-corrected chi connectivity index (χ3v) is 4.93. The average Bonchev–Trinajstić information content (AvgIpc) is 3.22. The molecule has 3 aliphatic heterocycles. The molecule has 5 rings (SSSR count). The van der Waals surface area contributed by atoms with Gasteiger partial charge in [0.1, 0.15) is 11.9 Å². The summed E-state index contributed by atoms with van der Waals surface area (Å²) in [6.07, 6.45) is 0.719. The average molecular weight is 338 g/mol. The van der Waals surface area contributed by atoms with Crippen molar-refractivity contribution in [2.24, 2.45) is 0 Å². The summed E-state index contributed by atoms with van der Waals surface area (Å²) in [5.41, 5.74) is 1.84. The first-order chi connectivity index (χ1) is 12.3. The Bertz CT molecular complexity index is 838. The molecule has 1 saturated heterocycles. The van der Waals surface area contributed by atoms with Gasteiger partial charge in [-0.25, -0.2) is 0 Å². The van der Waals surface area contributed by atoms with Crippen LogP contribution in [0.15, 0.2) is 42.5 Å². The Labute approximate surface area is 145 Å². The van der Waals surface area contributed by atoms with Crippen molar-refractivity contribution in [1.29, 1.82) is 0 Å². The van der Waals surface area contributed by atoms with Crippen molar-refractivity contribution in [2.45, 2.75) is 25.1 Å². The maximum absolute atomic E-state index is 12.7. The Morgan fingerprint density at radius 3 is 2.92 bits per heavy atom. The fraction of sp³-hybridized carbons (Fsp3) is 0.316. The number of ether oxygens (including phenoxy) is 3. The van der Waals surface area contributed by atoms with E-state index in [1.807, 2.05) is 42.5 Å². The molecule has 3 aliphatic rings. The highest BCUT2D eigenvalue weighted by atomic mass is 16.7. The minimum absolute atomic E-state index is 0.0196. The van der Waals surface area contributed by atoms with E-state index in [0.29, 0.717) is 13.0 Å². The van der Waals surface area contributed by atoms with Gasteiger partial charge in [0.2, 0.25) is 12.7 Å². The fourth-order valence-corrected chi connectivity index (χ4v) is 3.74. The van der Waals surface area contributed by atoms with E-state index < -0.39 is 0 Å². The zero-order valence-corrected chi connectivity index (χ0v) is 13.6. The predicted molar refractivity (Wildman–Crippen MR) is 90.9 cm³/mol. The van der Waals surface area contributed by atoms with Crippen LogP contribution in [0.4, 0.5) is 5.69 Å². The quantitative estimate of drug-likeness (QED) is 0.911. The van der Waals surface area contributed by atoms with Crippen molar-refractivity contribution >= 4 is 11.6 Å². The molecule has 3 heterocycles. The van der Waals surface area contributed by atoms with E-state index in [1.165, 1.54) is 0 Å². The van der Waals surface area contributed by atoms with Crippen LogP contribution in [0.3, 0.4) is 0 Å². The second kappa shape index (κ2) is 5.67. The van der Waals surface area contributed by atoms with E-state index >= 15 is 0 Å². The monoisotopic (exact) mass is 338 g/mol. The molecule has 0 aliphatic carbocycles. The normalized spacial score (nSPS) is 24.1. The topological polar surface area (TPSA) is 60.0 Å². The highest BCUT2D eigenvalue weighted by Crippen LogP contribution is 2.35. The smallest absolute Gasteiger partial charge is 0.241 e. The first-order valence-corrected chi connectivity index (χ1v) is 8.45. The van der Waals surface area contributed by atoms with Gasteiger partial charge in [0.15, 0.2) is 11.5 Å². The van der Waals surface area contributed by atoms with Gasteiger partial charge < -0.3 is 19.5 Å². The van der Waals surface area contributed by atoms with Crippen LogP contribution in [0.25, 0.3) is 0 Å². The third-order valence-electron chi connectivity index (χ3n) is 4.93. The van der Waals surface area contributed by atoms with Gasteiger partial charge in [0.05, 0.1) is 11.7 Å². The zero-order valence-electron chi connectivity index (χ0n) is 13.6. The lowest BCUT2D eigenvalue weighted by atomic mass is 10.1. The van der Waals surface area contributed by atoms with E-state index in [2.05, 4.69) is 10.2 Å². The minimum Gasteiger partial charge on any atom is -0.487 e. The summed E-state index contributed by atoms with van der Waals surface area (Å²) in [4.78, 5) is 14.9. The Balaban J connectivity index is 1.39. The molecule has 1 N–H and O–H groups in total. The van der Waals surface area contributed by atoms with Crippen molar-refractivity contribution in [2.75, 3.05) is 18.7 Å². The Hall–Kier alpha value is -2.73. The van der Waals surface area contributed by atoms with E-state index in [4.69, 9.17) is 14.2 Å². The first kappa shape index (κ1) is 14.6. The van der Waals surface area contributed by atoms with Crippen LogP contribution in [0.1, 0.15) is 12.0 Å². The number of nitrogens with one attached hydrogen (secondary N) is 1. The van der Waals surface area contributed by atoms with Gasteiger partial charge in [-0.05, 0) is 29.8 Å². The van der Waals surface area contributed by atoms with Gasteiger partial charge >= 0.3 is 0 Å². The molecule has 6 heteroatoms. The second-order valence-electron chi connectivity index (χ2n) is 6.59. The number of nitrogens with zero attached hydrogens (tertiary/aromatic N) is 1. The molecule has 0 aromatic heterocycles. The van der Waals surface area contributed by atoms with Crippen LogP contribution in [-0.4, -0.2) is 36.3 Å². The summed E-state index contributed by atoms with van der Waals surface area (Å²) in [6.45, 7) is 1.66. The summed E-state index contributed by atoms with van der Waals surface area (Å²) >= 11 is 0. The van der Waals surface area contributed by atoms with Gasteiger partial charge in [0, 0.05) is 19.5 Å². The molecule has 25 heavy (non-hydrogen) atoms. The number of benzene rings is 2. The predicted octanol–water partition coefficient (Wildman–Crippen LogP) is 2.39. The van der Waals surface area contributed by atoms with Gasteiger partial charge in [-0.3, -0.25) is 9.69 Å². The first-order valence-electron chi connectivity index (χ1n) is 8.45. The number of likely N-dealkylation sites (tertiary alicyclic amines) is 1. The number of carbonyl (C=O) groups excluding carboxylic acids is 1. The van der Waals surface area contributed by atoms with Gasteiger partial charge in [-0.15, -0.1) is 0 Å². The molecule has 2 aromatic rings. The number of hydrogen-bond acceptors (Lipinski definition) is 5. The standard InChI is InChI=1S/C19H18N2O4/c22-19-15-8-13(25-16-4-2-1-3-14(16)20-19)10-21(15)9-12-5-6-17-18(7-12)24-11-23-17/h1-7,13,15H,8-11H2,(H,20,22)/t13-,15-/m0/s1. The van der Waals surface area contributed by atoms with E-state index in [1.54, 1.807) is 0 Å². The molecule has 6 nitrogen and oxygen atoms in total. The molecule has 0 saturated carbocycles. The van der Waals surface area contributed by atoms with Crippen LogP contribution in [0.2, 0.25) is 0 Å². The summed E-state index contributed by atoms with van der Waals surface area (Å²) in [6, 6.07) is 13.3. The van der Waals surface area contributed by atoms with Crippen LogP contribution in [-0.2, 0) is 11.3 Å². The molecule has 128 valence electrons. The fourth-order valence-electron chi connectivity index (χ4n) is 3.74. The van der Waals surface area contributed by atoms with Crippen LogP contribution in [0.5, 0.6) is 17.2 Å². The SMILES string of the molecule is O=C1Nc2ccccc2O[C@H]2C[C@@H]1N(Cc1ccc3c(c1)OCO3)C2. The minimum atomic E-state index is -0.191. The lowest BCUT2D eigenvalue weighted by molar-refractivity contribution is -0.120. The summed E-state index contributed by atoms with van der Waals surface area (Å²) in [5.74, 6) is 2.31. The maximum atomic E-state index is 12.7. The Morgan fingerprint density at radius 1 is 1.08 bits per heavy atom. The number of anilines is 1. The number of para-hydroxylation sites is 2. The van der Waals surface area contributed by atoms with Crippen molar-refractivity contribution in [3.05, 3.63) is 48.0 Å². The molecular formula is C19H18N2O4. The Kier molecular flexibility index (Phi) is 3.31. The number of carbonyl (C=O) groups is 1. The van der Waals surface area contributed by atoms with Gasteiger partial charge in [-0.2, -0.15) is 0 Å². The summed E-state index contributed by atoms with van der Waals surface area (Å²) in [7, 11) is 0. The lowest BCUT2D eigenvalue weighted by Gasteiger charge is -2.23. The van der Waals surface area contributed by atoms with Crippen molar-refractivity contribution < 1.29 is 19.0 Å². The highest BCUT2D eigenvalue weighted by molar-refractivity contribution is 5.96. The molecule has 2 bridgehead atoms. The summed E-state index contributed by atoms with van der Waals surface area (Å²) in [5, 5.41) is 3.00. The second-order valence-corrected chi connectivity index (χ2v) is 6.59.